The Kier molecular flexibility index (Phi) is 4.15. The number of hydrogen-bond donors (Lipinski definition) is 1. The molecule has 0 aromatic heterocycles. The number of aryl methyl sites for hydroxylation is 2. The first kappa shape index (κ1) is 13.2. The normalized spacial score (nSPS) is 15.1. The number of carbonyl (C=O) groups is 1. The highest BCUT2D eigenvalue weighted by Gasteiger charge is 2.30. The average Bonchev–Trinajstić information content (AvgIpc) is 3.11. The van der Waals surface area contributed by atoms with Crippen LogP contribution in [0.25, 0.3) is 0 Å². The number of aliphatic hydroxyl groups excluding tert-OH is 1. The van der Waals surface area contributed by atoms with Gasteiger partial charge in [-0.1, -0.05) is 23.8 Å². The summed E-state index contributed by atoms with van der Waals surface area (Å²) >= 11 is 0. The second-order valence-corrected chi connectivity index (χ2v) is 5.17. The fraction of sp³-hybridized carbons (Fsp3) is 0.533. The van der Waals surface area contributed by atoms with E-state index in [9.17, 15) is 4.79 Å². The molecular weight excluding hydrogens is 226 g/mol. The summed E-state index contributed by atoms with van der Waals surface area (Å²) in [4.78, 5) is 14.4. The third-order valence-electron chi connectivity index (χ3n) is 3.48. The Bertz CT molecular complexity index is 438. The molecule has 1 fully saturated rings. The zero-order valence-electron chi connectivity index (χ0n) is 11.1. The Morgan fingerprint density at radius 1 is 1.39 bits per heavy atom. The van der Waals surface area contributed by atoms with E-state index in [1.165, 1.54) is 5.56 Å². The monoisotopic (exact) mass is 247 g/mol. The first-order valence-corrected chi connectivity index (χ1v) is 6.57. The van der Waals surface area contributed by atoms with Crippen molar-refractivity contribution < 1.29 is 9.90 Å². The standard InChI is InChI=1S/C15H21NO2/c1-11-3-6-14(12(2)9-11)15(18)10-16(7-8-17)13-4-5-13/h3,6,9,13,17H,4-5,7-8,10H2,1-2H3. The number of aliphatic hydroxyl groups is 1. The van der Waals surface area contributed by atoms with Crippen molar-refractivity contribution in [2.75, 3.05) is 19.7 Å². The highest BCUT2D eigenvalue weighted by Crippen LogP contribution is 2.26. The minimum Gasteiger partial charge on any atom is -0.395 e. The summed E-state index contributed by atoms with van der Waals surface area (Å²) in [6.07, 6.45) is 2.31. The Morgan fingerprint density at radius 2 is 2.11 bits per heavy atom. The van der Waals surface area contributed by atoms with E-state index in [0.717, 1.165) is 24.0 Å². The summed E-state index contributed by atoms with van der Waals surface area (Å²) in [7, 11) is 0. The molecule has 0 unspecified atom stereocenters. The third-order valence-corrected chi connectivity index (χ3v) is 3.48. The van der Waals surface area contributed by atoms with Gasteiger partial charge < -0.3 is 5.11 Å². The number of Topliss-reactive ketones (excluding diaryl/α,β-unsaturated/α-hetero) is 1. The molecule has 1 N–H and O–H groups in total. The number of hydrogen-bond acceptors (Lipinski definition) is 3. The molecule has 0 atom stereocenters. The maximum atomic E-state index is 12.3. The third kappa shape index (κ3) is 3.18. The van der Waals surface area contributed by atoms with Crippen LogP contribution in [0.4, 0.5) is 0 Å². The topological polar surface area (TPSA) is 40.5 Å². The smallest absolute Gasteiger partial charge is 0.177 e. The molecule has 1 aromatic carbocycles. The van der Waals surface area contributed by atoms with Gasteiger partial charge in [0.2, 0.25) is 0 Å². The van der Waals surface area contributed by atoms with Crippen molar-refractivity contribution in [3.8, 4) is 0 Å². The van der Waals surface area contributed by atoms with E-state index in [1.807, 2.05) is 32.0 Å². The van der Waals surface area contributed by atoms with Crippen LogP contribution < -0.4 is 0 Å². The molecule has 2 rings (SSSR count). The van der Waals surface area contributed by atoms with E-state index < -0.39 is 0 Å². The second kappa shape index (κ2) is 5.63. The minimum absolute atomic E-state index is 0.122. The molecule has 18 heavy (non-hydrogen) atoms. The fourth-order valence-electron chi connectivity index (χ4n) is 2.35. The summed E-state index contributed by atoms with van der Waals surface area (Å²) in [6.45, 7) is 5.16. The van der Waals surface area contributed by atoms with Crippen molar-refractivity contribution in [1.82, 2.24) is 4.90 Å². The lowest BCUT2D eigenvalue weighted by Crippen LogP contribution is -2.34. The maximum Gasteiger partial charge on any atom is 0.177 e. The Balaban J connectivity index is 2.05. The van der Waals surface area contributed by atoms with Gasteiger partial charge in [0.15, 0.2) is 5.78 Å². The van der Waals surface area contributed by atoms with E-state index >= 15 is 0 Å². The Hall–Kier alpha value is -1.19. The SMILES string of the molecule is Cc1ccc(C(=O)CN(CCO)C2CC2)c(C)c1. The number of nitrogens with zero attached hydrogens (tertiary/aromatic N) is 1. The summed E-state index contributed by atoms with van der Waals surface area (Å²) in [5.41, 5.74) is 3.03. The summed E-state index contributed by atoms with van der Waals surface area (Å²) in [6, 6.07) is 6.44. The van der Waals surface area contributed by atoms with Crippen LogP contribution in [0.2, 0.25) is 0 Å². The van der Waals surface area contributed by atoms with Gasteiger partial charge in [-0.3, -0.25) is 9.69 Å². The summed E-state index contributed by atoms with van der Waals surface area (Å²) in [5, 5.41) is 9.03. The van der Waals surface area contributed by atoms with Crippen LogP contribution in [0, 0.1) is 13.8 Å². The molecule has 3 nitrogen and oxygen atoms in total. The maximum absolute atomic E-state index is 12.3. The average molecular weight is 247 g/mol. The Labute approximate surface area is 108 Å². The first-order valence-electron chi connectivity index (χ1n) is 6.57. The number of carbonyl (C=O) groups excluding carboxylic acids is 1. The van der Waals surface area contributed by atoms with Crippen molar-refractivity contribution in [3.05, 3.63) is 34.9 Å². The highest BCUT2D eigenvalue weighted by atomic mass is 16.3. The van der Waals surface area contributed by atoms with Crippen molar-refractivity contribution >= 4 is 5.78 Å². The van der Waals surface area contributed by atoms with Gasteiger partial charge in [-0.05, 0) is 32.3 Å². The van der Waals surface area contributed by atoms with Crippen molar-refractivity contribution in [2.45, 2.75) is 32.7 Å². The molecule has 0 saturated heterocycles. The van der Waals surface area contributed by atoms with E-state index in [4.69, 9.17) is 5.11 Å². The van der Waals surface area contributed by atoms with Crippen LogP contribution >= 0.6 is 0 Å². The summed E-state index contributed by atoms with van der Waals surface area (Å²) in [5.74, 6) is 0.160. The minimum atomic E-state index is 0.122. The molecule has 0 bridgehead atoms. The predicted molar refractivity (Wildman–Crippen MR) is 71.9 cm³/mol. The number of benzene rings is 1. The zero-order valence-corrected chi connectivity index (χ0v) is 11.1. The van der Waals surface area contributed by atoms with Crippen LogP contribution in [0.15, 0.2) is 18.2 Å². The van der Waals surface area contributed by atoms with Gasteiger partial charge in [-0.2, -0.15) is 0 Å². The molecule has 1 aromatic rings. The molecule has 0 radical (unpaired) electrons. The molecule has 1 saturated carbocycles. The van der Waals surface area contributed by atoms with Crippen LogP contribution in [0.1, 0.15) is 34.3 Å². The molecule has 98 valence electrons. The van der Waals surface area contributed by atoms with Gasteiger partial charge in [0.25, 0.3) is 0 Å². The lowest BCUT2D eigenvalue weighted by Gasteiger charge is -2.20. The predicted octanol–water partition coefficient (Wildman–Crippen LogP) is 1.94. The van der Waals surface area contributed by atoms with Gasteiger partial charge in [-0.15, -0.1) is 0 Å². The van der Waals surface area contributed by atoms with E-state index in [-0.39, 0.29) is 12.4 Å². The van der Waals surface area contributed by atoms with Crippen LogP contribution in [0.5, 0.6) is 0 Å². The lowest BCUT2D eigenvalue weighted by molar-refractivity contribution is 0.0906. The molecule has 0 aliphatic heterocycles. The van der Waals surface area contributed by atoms with Gasteiger partial charge >= 0.3 is 0 Å². The highest BCUT2D eigenvalue weighted by molar-refractivity contribution is 5.99. The van der Waals surface area contributed by atoms with Gasteiger partial charge in [-0.25, -0.2) is 0 Å². The van der Waals surface area contributed by atoms with E-state index in [2.05, 4.69) is 4.90 Å². The molecule has 1 aliphatic carbocycles. The first-order chi connectivity index (χ1) is 8.61. The molecule has 3 heteroatoms. The quantitative estimate of drug-likeness (QED) is 0.781. The second-order valence-electron chi connectivity index (χ2n) is 5.17. The van der Waals surface area contributed by atoms with Crippen molar-refractivity contribution in [2.24, 2.45) is 0 Å². The van der Waals surface area contributed by atoms with Crippen LogP contribution in [0.3, 0.4) is 0 Å². The fourth-order valence-corrected chi connectivity index (χ4v) is 2.35. The molecule has 1 aliphatic rings. The number of rotatable bonds is 6. The van der Waals surface area contributed by atoms with Crippen molar-refractivity contribution in [3.63, 3.8) is 0 Å². The summed E-state index contributed by atoms with van der Waals surface area (Å²) < 4.78 is 0. The van der Waals surface area contributed by atoms with E-state index in [1.54, 1.807) is 0 Å². The Morgan fingerprint density at radius 3 is 2.67 bits per heavy atom. The van der Waals surface area contributed by atoms with Gasteiger partial charge in [0.05, 0.1) is 13.2 Å². The van der Waals surface area contributed by atoms with Gasteiger partial charge in [0, 0.05) is 18.2 Å². The van der Waals surface area contributed by atoms with E-state index in [0.29, 0.717) is 19.1 Å². The molecule has 0 heterocycles. The van der Waals surface area contributed by atoms with Crippen molar-refractivity contribution in [1.29, 1.82) is 0 Å². The lowest BCUT2D eigenvalue weighted by atomic mass is 10.0. The molecule has 0 spiro atoms. The number of ketones is 1. The van der Waals surface area contributed by atoms with Crippen LogP contribution in [-0.4, -0.2) is 41.5 Å². The van der Waals surface area contributed by atoms with Gasteiger partial charge in [0.1, 0.15) is 0 Å². The zero-order chi connectivity index (χ0) is 13.1. The largest absolute Gasteiger partial charge is 0.395 e. The molecule has 0 amide bonds. The molecular formula is C15H21NO2. The van der Waals surface area contributed by atoms with Crippen LogP contribution in [-0.2, 0) is 0 Å².